The maximum absolute atomic E-state index is 12.4. The minimum absolute atomic E-state index is 0.122. The van der Waals surface area contributed by atoms with Crippen molar-refractivity contribution in [3.8, 4) is 17.1 Å². The highest BCUT2D eigenvalue weighted by molar-refractivity contribution is 5.90. The van der Waals surface area contributed by atoms with E-state index in [1.54, 1.807) is 13.3 Å². The Kier molecular flexibility index (Phi) is 3.98. The van der Waals surface area contributed by atoms with Crippen LogP contribution in [0.4, 0.5) is 0 Å². The first kappa shape index (κ1) is 15.2. The van der Waals surface area contributed by atoms with Crippen molar-refractivity contribution in [3.63, 3.8) is 0 Å². The van der Waals surface area contributed by atoms with E-state index in [0.717, 1.165) is 43.8 Å². The summed E-state index contributed by atoms with van der Waals surface area (Å²) in [5, 5.41) is 3.09. The van der Waals surface area contributed by atoms with E-state index in [1.165, 1.54) is 0 Å². The van der Waals surface area contributed by atoms with E-state index in [-0.39, 0.29) is 17.8 Å². The first-order valence-corrected chi connectivity index (χ1v) is 8.36. The predicted octanol–water partition coefficient (Wildman–Crippen LogP) is 2.17. The van der Waals surface area contributed by atoms with Gasteiger partial charge in [0.15, 0.2) is 5.76 Å². The molecule has 0 saturated carbocycles. The van der Waals surface area contributed by atoms with E-state index >= 15 is 0 Å². The first-order chi connectivity index (χ1) is 11.7. The van der Waals surface area contributed by atoms with Gasteiger partial charge in [-0.3, -0.25) is 4.79 Å². The molecule has 0 aliphatic carbocycles. The topological polar surface area (TPSA) is 67.6 Å². The second kappa shape index (κ2) is 6.28. The van der Waals surface area contributed by atoms with Gasteiger partial charge in [-0.05, 0) is 56.1 Å². The molecule has 0 radical (unpaired) electrons. The third-order valence-electron chi connectivity index (χ3n) is 5.05. The summed E-state index contributed by atoms with van der Waals surface area (Å²) >= 11 is 0. The third kappa shape index (κ3) is 2.89. The normalized spacial score (nSPS) is 25.5. The molecule has 1 N–H and O–H groups in total. The van der Waals surface area contributed by atoms with Gasteiger partial charge in [-0.2, -0.15) is 0 Å². The van der Waals surface area contributed by atoms with E-state index in [9.17, 15) is 4.79 Å². The van der Waals surface area contributed by atoms with Gasteiger partial charge < -0.3 is 19.4 Å². The Balaban J connectivity index is 1.44. The highest BCUT2D eigenvalue weighted by atomic mass is 16.5. The van der Waals surface area contributed by atoms with Gasteiger partial charge in [-0.25, -0.2) is 4.98 Å². The van der Waals surface area contributed by atoms with Gasteiger partial charge >= 0.3 is 5.91 Å². The number of carbonyl (C=O) groups is 1. The van der Waals surface area contributed by atoms with Gasteiger partial charge in [-0.1, -0.05) is 0 Å². The Hall–Kier alpha value is -2.34. The van der Waals surface area contributed by atoms with E-state index in [2.05, 4.69) is 15.2 Å². The molecule has 1 aromatic heterocycles. The van der Waals surface area contributed by atoms with Gasteiger partial charge in [0.05, 0.1) is 13.3 Å². The Morgan fingerprint density at radius 1 is 1.29 bits per heavy atom. The Bertz CT molecular complexity index is 717. The number of carbonyl (C=O) groups excluding carboxylic acids is 1. The maximum Gasteiger partial charge on any atom is 0.307 e. The van der Waals surface area contributed by atoms with Crippen molar-refractivity contribution in [1.29, 1.82) is 0 Å². The zero-order chi connectivity index (χ0) is 16.5. The van der Waals surface area contributed by atoms with Gasteiger partial charge in [0.25, 0.3) is 5.89 Å². The monoisotopic (exact) mass is 327 g/mol. The Labute approximate surface area is 140 Å². The van der Waals surface area contributed by atoms with Crippen LogP contribution in [-0.4, -0.2) is 48.6 Å². The van der Waals surface area contributed by atoms with Crippen molar-refractivity contribution < 1.29 is 13.9 Å². The number of fused-ring (bicyclic) bond motifs is 3. The molecule has 2 aromatic rings. The van der Waals surface area contributed by atoms with Crippen molar-refractivity contribution in [2.24, 2.45) is 5.92 Å². The molecular formula is C18H21N3O3. The number of hydrogen-bond acceptors (Lipinski definition) is 5. The molecule has 24 heavy (non-hydrogen) atoms. The van der Waals surface area contributed by atoms with Crippen LogP contribution in [0.5, 0.6) is 5.75 Å². The lowest BCUT2D eigenvalue weighted by molar-refractivity contribution is 0.0602. The van der Waals surface area contributed by atoms with Gasteiger partial charge in [0.1, 0.15) is 5.75 Å². The largest absolute Gasteiger partial charge is 0.497 e. The summed E-state index contributed by atoms with van der Waals surface area (Å²) in [6.07, 6.45) is 3.91. The number of benzene rings is 1. The van der Waals surface area contributed by atoms with Crippen molar-refractivity contribution >= 4 is 5.91 Å². The van der Waals surface area contributed by atoms with Crippen LogP contribution in [0, 0.1) is 5.92 Å². The average molecular weight is 327 g/mol. The minimum atomic E-state index is -0.228. The molecule has 4 heterocycles. The van der Waals surface area contributed by atoms with Crippen molar-refractivity contribution in [1.82, 2.24) is 15.2 Å². The van der Waals surface area contributed by atoms with Crippen LogP contribution in [0.15, 0.2) is 34.9 Å². The molecule has 6 heteroatoms. The number of nitrogens with one attached hydrogen (secondary N) is 1. The first-order valence-electron chi connectivity index (χ1n) is 8.36. The van der Waals surface area contributed by atoms with E-state index in [4.69, 9.17) is 9.15 Å². The highest BCUT2D eigenvalue weighted by Gasteiger charge is 2.35. The predicted molar refractivity (Wildman–Crippen MR) is 88.9 cm³/mol. The summed E-state index contributed by atoms with van der Waals surface area (Å²) in [7, 11) is 1.63. The molecule has 1 aromatic carbocycles. The number of rotatable bonds is 4. The molecule has 1 atom stereocenters. The molecule has 1 amide bonds. The van der Waals surface area contributed by atoms with Gasteiger partial charge in [0, 0.05) is 18.2 Å². The molecule has 3 aliphatic heterocycles. The average Bonchev–Trinajstić information content (AvgIpc) is 3.13. The molecule has 5 rings (SSSR count). The lowest BCUT2D eigenvalue weighted by Crippen LogP contribution is -2.57. The lowest BCUT2D eigenvalue weighted by Gasteiger charge is -2.44. The minimum Gasteiger partial charge on any atom is -0.497 e. The van der Waals surface area contributed by atoms with Crippen LogP contribution in [0.1, 0.15) is 23.5 Å². The number of nitrogens with zero attached hydrogens (tertiary/aromatic N) is 2. The molecule has 6 nitrogen and oxygen atoms in total. The van der Waals surface area contributed by atoms with Crippen molar-refractivity contribution in [2.45, 2.75) is 18.9 Å². The highest BCUT2D eigenvalue weighted by Crippen LogP contribution is 2.28. The number of ether oxygens (including phenoxy) is 1. The second-order valence-corrected chi connectivity index (χ2v) is 6.48. The van der Waals surface area contributed by atoms with E-state index < -0.39 is 0 Å². The van der Waals surface area contributed by atoms with Gasteiger partial charge in [0.2, 0.25) is 0 Å². The zero-order valence-electron chi connectivity index (χ0n) is 13.7. The smallest absolute Gasteiger partial charge is 0.307 e. The fourth-order valence-corrected chi connectivity index (χ4v) is 3.63. The van der Waals surface area contributed by atoms with Crippen LogP contribution in [0.3, 0.4) is 0 Å². The molecule has 1 unspecified atom stereocenters. The number of aromatic nitrogens is 1. The summed E-state index contributed by atoms with van der Waals surface area (Å²) in [6.45, 7) is 3.23. The molecule has 3 fully saturated rings. The second-order valence-electron chi connectivity index (χ2n) is 6.48. The summed E-state index contributed by atoms with van der Waals surface area (Å²) < 4.78 is 10.8. The van der Waals surface area contributed by atoms with Crippen molar-refractivity contribution in [3.05, 3.63) is 36.4 Å². The molecule has 3 saturated heterocycles. The molecule has 2 bridgehead atoms. The number of hydrogen-bond donors (Lipinski definition) is 1. The number of oxazole rings is 1. The number of piperidine rings is 3. The fraction of sp³-hybridized carbons (Fsp3) is 0.444. The standard InChI is InChI=1S/C18H21N3O3/c1-23-14-4-2-13(3-5-14)16-10-19-18(24-16)17(22)20-15-11-21-8-6-12(15)7-9-21/h2-5,10,12,15H,6-9,11H2,1H3,(H,20,22). The number of amides is 1. The van der Waals surface area contributed by atoms with Crippen LogP contribution in [-0.2, 0) is 0 Å². The maximum atomic E-state index is 12.4. The van der Waals surface area contributed by atoms with Crippen molar-refractivity contribution in [2.75, 3.05) is 26.7 Å². The zero-order valence-corrected chi connectivity index (χ0v) is 13.7. The molecule has 0 spiro atoms. The van der Waals surface area contributed by atoms with Crippen LogP contribution in [0.25, 0.3) is 11.3 Å². The van der Waals surface area contributed by atoms with E-state index in [0.29, 0.717) is 11.7 Å². The summed E-state index contributed by atoms with van der Waals surface area (Å²) in [4.78, 5) is 19.0. The Morgan fingerprint density at radius 3 is 2.67 bits per heavy atom. The van der Waals surface area contributed by atoms with E-state index in [1.807, 2.05) is 24.3 Å². The summed E-state index contributed by atoms with van der Waals surface area (Å²) in [5.41, 5.74) is 0.866. The molecule has 126 valence electrons. The molecular weight excluding hydrogens is 306 g/mol. The third-order valence-corrected chi connectivity index (χ3v) is 5.05. The number of methoxy groups -OCH3 is 1. The Morgan fingerprint density at radius 2 is 2.04 bits per heavy atom. The summed E-state index contributed by atoms with van der Waals surface area (Å²) in [6, 6.07) is 7.68. The fourth-order valence-electron chi connectivity index (χ4n) is 3.63. The van der Waals surface area contributed by atoms with Crippen LogP contribution in [0.2, 0.25) is 0 Å². The molecule has 3 aliphatic rings. The van der Waals surface area contributed by atoms with Crippen LogP contribution >= 0.6 is 0 Å². The SMILES string of the molecule is COc1ccc(-c2cnc(C(=O)NC3CN4CCC3CC4)o2)cc1. The van der Waals surface area contributed by atoms with Crippen LogP contribution < -0.4 is 10.1 Å². The lowest BCUT2D eigenvalue weighted by atomic mass is 9.84. The quantitative estimate of drug-likeness (QED) is 0.932. The van der Waals surface area contributed by atoms with Gasteiger partial charge in [-0.15, -0.1) is 0 Å². The summed E-state index contributed by atoms with van der Waals surface area (Å²) in [5.74, 6) is 1.83.